The molecule has 1 heterocycles. The fraction of sp³-hybridized carbons (Fsp3) is 0.462. The summed E-state index contributed by atoms with van der Waals surface area (Å²) < 4.78 is 132. The Kier molecular flexibility index (Phi) is 8.89. The van der Waals surface area contributed by atoms with Crippen LogP contribution in [0.2, 0.25) is 0 Å². The number of anilines is 2. The third-order valence-corrected chi connectivity index (χ3v) is 6.42. The molecule has 0 bridgehead atoms. The average Bonchev–Trinajstić information content (AvgIpc) is 2.84. The minimum absolute atomic E-state index is 0.0987. The Labute approximate surface area is 233 Å². The van der Waals surface area contributed by atoms with E-state index >= 15 is 0 Å². The number of hydrogen-bond donors (Lipinski definition) is 1. The van der Waals surface area contributed by atoms with Crippen molar-refractivity contribution in [1.82, 2.24) is 4.90 Å². The van der Waals surface area contributed by atoms with Gasteiger partial charge in [-0.25, -0.2) is 9.59 Å². The Hall–Kier alpha value is -3.85. The molecule has 0 aromatic heterocycles. The van der Waals surface area contributed by atoms with E-state index in [1.54, 1.807) is 0 Å². The van der Waals surface area contributed by atoms with Crippen LogP contribution in [0.1, 0.15) is 61.1 Å². The van der Waals surface area contributed by atoms with Crippen molar-refractivity contribution in [3.8, 4) is 0 Å². The second-order valence-electron chi connectivity index (χ2n) is 9.92. The molecule has 0 fully saturated rings. The van der Waals surface area contributed by atoms with Crippen molar-refractivity contribution in [2.45, 2.75) is 70.5 Å². The molecule has 2 N–H and O–H groups in total. The molecule has 2 aromatic rings. The van der Waals surface area contributed by atoms with Gasteiger partial charge in [-0.05, 0) is 63.1 Å². The molecule has 0 aliphatic carbocycles. The van der Waals surface area contributed by atoms with Crippen molar-refractivity contribution in [2.75, 3.05) is 17.7 Å². The number of carbonyl (C=O) groups excluding carboxylic acids is 2. The number of carbonyl (C=O) groups is 2. The first-order chi connectivity index (χ1) is 19.1. The third kappa shape index (κ3) is 6.95. The van der Waals surface area contributed by atoms with Crippen LogP contribution in [0.25, 0.3) is 0 Å². The maximum atomic E-state index is 13.8. The predicted octanol–water partition coefficient (Wildman–Crippen LogP) is 7.78. The Balaban J connectivity index is 2.25. The Morgan fingerprint density at radius 3 is 1.88 bits per heavy atom. The standard InChI is InChI=1S/C26H26F9N3O4/c1-12(2)42-23(40)38-13(3)5-20(18-9-17(26(33,34)35)10-19(36)21(18)38)37(22(39)41-4)11-14-6-15(24(27,28)29)8-16(7-14)25(30,31)32/h6-10,12-13,20H,5,11,36H2,1-4H3. The van der Waals surface area contributed by atoms with Crippen molar-refractivity contribution in [3.63, 3.8) is 0 Å². The number of alkyl halides is 9. The summed E-state index contributed by atoms with van der Waals surface area (Å²) in [6.07, 6.45) is -18.5. The zero-order valence-corrected chi connectivity index (χ0v) is 22.5. The van der Waals surface area contributed by atoms with Gasteiger partial charge in [0.2, 0.25) is 0 Å². The normalized spacial score (nSPS) is 17.6. The van der Waals surface area contributed by atoms with E-state index in [-0.39, 0.29) is 23.7 Å². The van der Waals surface area contributed by atoms with Gasteiger partial charge >= 0.3 is 30.7 Å². The smallest absolute Gasteiger partial charge is 0.416 e. The molecule has 2 unspecified atom stereocenters. The summed E-state index contributed by atoms with van der Waals surface area (Å²) in [5.41, 5.74) is -0.335. The summed E-state index contributed by atoms with van der Waals surface area (Å²) in [5, 5.41) is 0. The molecule has 3 rings (SSSR count). The van der Waals surface area contributed by atoms with Crippen LogP contribution in [0, 0.1) is 0 Å². The maximum Gasteiger partial charge on any atom is 0.416 e. The van der Waals surface area contributed by atoms with Crippen molar-refractivity contribution >= 4 is 23.6 Å². The Bertz CT molecular complexity index is 1310. The number of nitrogens with zero attached hydrogens (tertiary/aromatic N) is 2. The lowest BCUT2D eigenvalue weighted by atomic mass is 9.88. The third-order valence-electron chi connectivity index (χ3n) is 6.42. The summed E-state index contributed by atoms with van der Waals surface area (Å²) in [5.74, 6) is 0. The number of fused-ring (bicyclic) bond motifs is 1. The van der Waals surface area contributed by atoms with Crippen LogP contribution in [-0.4, -0.2) is 36.3 Å². The minimum Gasteiger partial charge on any atom is -0.453 e. The van der Waals surface area contributed by atoms with E-state index in [4.69, 9.17) is 15.2 Å². The van der Waals surface area contributed by atoms with E-state index in [0.29, 0.717) is 29.2 Å². The van der Waals surface area contributed by atoms with Gasteiger partial charge in [-0.15, -0.1) is 0 Å². The highest BCUT2D eigenvalue weighted by atomic mass is 19.4. The lowest BCUT2D eigenvalue weighted by Gasteiger charge is -2.43. The summed E-state index contributed by atoms with van der Waals surface area (Å²) in [6, 6.07) is -0.476. The summed E-state index contributed by atoms with van der Waals surface area (Å²) in [6.45, 7) is 3.57. The number of rotatable bonds is 4. The molecule has 1 aliphatic heterocycles. The van der Waals surface area contributed by atoms with Crippen molar-refractivity contribution in [1.29, 1.82) is 0 Å². The summed E-state index contributed by atoms with van der Waals surface area (Å²) in [7, 11) is 0.878. The van der Waals surface area contributed by atoms with Crippen LogP contribution in [0.15, 0.2) is 30.3 Å². The van der Waals surface area contributed by atoms with E-state index in [9.17, 15) is 49.1 Å². The molecule has 232 valence electrons. The van der Waals surface area contributed by atoms with Crippen LogP contribution in [-0.2, 0) is 34.5 Å². The number of halogens is 9. The van der Waals surface area contributed by atoms with Gasteiger partial charge in [0.25, 0.3) is 0 Å². The van der Waals surface area contributed by atoms with Gasteiger partial charge < -0.3 is 15.2 Å². The fourth-order valence-electron chi connectivity index (χ4n) is 4.70. The quantitative estimate of drug-likeness (QED) is 0.281. The van der Waals surface area contributed by atoms with Gasteiger partial charge in [-0.2, -0.15) is 39.5 Å². The van der Waals surface area contributed by atoms with E-state index in [1.807, 2.05) is 0 Å². The maximum absolute atomic E-state index is 13.8. The van der Waals surface area contributed by atoms with Gasteiger partial charge in [-0.3, -0.25) is 9.80 Å². The molecule has 2 aromatic carbocycles. The second-order valence-corrected chi connectivity index (χ2v) is 9.92. The lowest BCUT2D eigenvalue weighted by molar-refractivity contribution is -0.143. The zero-order valence-electron chi connectivity index (χ0n) is 22.5. The largest absolute Gasteiger partial charge is 0.453 e. The first-order valence-electron chi connectivity index (χ1n) is 12.3. The number of nitrogens with two attached hydrogens (primary N) is 1. The van der Waals surface area contributed by atoms with Gasteiger partial charge in [0.05, 0.1) is 47.3 Å². The summed E-state index contributed by atoms with van der Waals surface area (Å²) >= 11 is 0. The van der Waals surface area contributed by atoms with Gasteiger partial charge in [0, 0.05) is 18.2 Å². The first-order valence-corrected chi connectivity index (χ1v) is 12.3. The molecule has 0 saturated heterocycles. The minimum atomic E-state index is -5.19. The number of amides is 2. The Morgan fingerprint density at radius 2 is 1.43 bits per heavy atom. The van der Waals surface area contributed by atoms with Gasteiger partial charge in [0.15, 0.2) is 0 Å². The zero-order chi connectivity index (χ0) is 31.9. The highest BCUT2D eigenvalue weighted by Gasteiger charge is 2.44. The number of nitrogen functional groups attached to an aromatic ring is 1. The van der Waals surface area contributed by atoms with Crippen molar-refractivity contribution in [3.05, 3.63) is 58.1 Å². The van der Waals surface area contributed by atoms with E-state index in [0.717, 1.165) is 12.0 Å². The van der Waals surface area contributed by atoms with Crippen LogP contribution in [0.3, 0.4) is 0 Å². The second kappa shape index (κ2) is 11.4. The SMILES string of the molecule is COC(=O)N(Cc1cc(C(F)(F)F)cc(C(F)(F)F)c1)C1CC(C)N(C(=O)OC(C)C)c2c(N)cc(C(F)(F)F)cc21. The molecule has 16 heteroatoms. The first kappa shape index (κ1) is 32.7. The molecule has 0 spiro atoms. The van der Waals surface area contributed by atoms with Crippen LogP contribution in [0.4, 0.5) is 60.5 Å². The van der Waals surface area contributed by atoms with Crippen LogP contribution >= 0.6 is 0 Å². The van der Waals surface area contributed by atoms with Gasteiger partial charge in [-0.1, -0.05) is 0 Å². The van der Waals surface area contributed by atoms with Crippen LogP contribution < -0.4 is 10.6 Å². The average molecular weight is 615 g/mol. The molecule has 2 atom stereocenters. The highest BCUT2D eigenvalue weighted by Crippen LogP contribution is 2.47. The molecular formula is C26H26F9N3O4. The van der Waals surface area contributed by atoms with Gasteiger partial charge in [0.1, 0.15) is 0 Å². The molecule has 7 nitrogen and oxygen atoms in total. The Morgan fingerprint density at radius 1 is 0.929 bits per heavy atom. The van der Waals surface area contributed by atoms with E-state index in [1.165, 1.54) is 20.8 Å². The fourth-order valence-corrected chi connectivity index (χ4v) is 4.70. The van der Waals surface area contributed by atoms with Crippen molar-refractivity contribution < 1.29 is 58.6 Å². The number of benzene rings is 2. The lowest BCUT2D eigenvalue weighted by Crippen LogP contribution is -2.48. The predicted molar refractivity (Wildman–Crippen MR) is 131 cm³/mol. The highest BCUT2D eigenvalue weighted by molar-refractivity contribution is 5.95. The van der Waals surface area contributed by atoms with E-state index < -0.39 is 83.4 Å². The molecule has 42 heavy (non-hydrogen) atoms. The molecule has 0 saturated carbocycles. The van der Waals surface area contributed by atoms with Crippen LogP contribution in [0.5, 0.6) is 0 Å². The number of ether oxygens (including phenoxy) is 2. The summed E-state index contributed by atoms with van der Waals surface area (Å²) in [4.78, 5) is 27.5. The molecule has 0 radical (unpaired) electrons. The molecule has 2 amide bonds. The molecule has 1 aliphatic rings. The topological polar surface area (TPSA) is 85.1 Å². The monoisotopic (exact) mass is 615 g/mol. The van der Waals surface area contributed by atoms with Crippen molar-refractivity contribution in [2.24, 2.45) is 0 Å². The van der Waals surface area contributed by atoms with E-state index in [2.05, 4.69) is 0 Å². The number of hydrogen-bond acceptors (Lipinski definition) is 5. The number of methoxy groups -OCH3 is 1. The molecular weight excluding hydrogens is 589 g/mol.